The van der Waals surface area contributed by atoms with Crippen molar-refractivity contribution in [2.24, 2.45) is 0 Å². The zero-order valence-electron chi connectivity index (χ0n) is 7.47. The van der Waals surface area contributed by atoms with E-state index in [0.717, 1.165) is 25.3 Å². The summed E-state index contributed by atoms with van der Waals surface area (Å²) in [6, 6.07) is 1.98. The van der Waals surface area contributed by atoms with Crippen molar-refractivity contribution in [2.75, 3.05) is 6.54 Å². The molecule has 0 radical (unpaired) electrons. The standard InChI is InChI=1S/C10H15NO/c1-3-4-6-11-8-10-9(2)5-7-12-10/h3,5,7,11H,1,4,6,8H2,2H3. The van der Waals surface area contributed by atoms with Gasteiger partial charge in [0.1, 0.15) is 5.76 Å². The second kappa shape index (κ2) is 4.78. The van der Waals surface area contributed by atoms with Crippen molar-refractivity contribution < 1.29 is 4.42 Å². The molecule has 2 heteroatoms. The van der Waals surface area contributed by atoms with Crippen LogP contribution in [0.15, 0.2) is 29.4 Å². The Bertz CT molecular complexity index is 240. The van der Waals surface area contributed by atoms with Gasteiger partial charge in [0.2, 0.25) is 0 Å². The average Bonchev–Trinajstić information content (AvgIpc) is 2.46. The smallest absolute Gasteiger partial charge is 0.120 e. The van der Waals surface area contributed by atoms with Crippen LogP contribution in [0.2, 0.25) is 0 Å². The lowest BCUT2D eigenvalue weighted by molar-refractivity contribution is 0.482. The molecule has 1 aromatic heterocycles. The highest BCUT2D eigenvalue weighted by atomic mass is 16.3. The predicted molar refractivity (Wildman–Crippen MR) is 50.0 cm³/mol. The van der Waals surface area contributed by atoms with Crippen LogP contribution in [0.4, 0.5) is 0 Å². The molecular weight excluding hydrogens is 150 g/mol. The molecule has 0 atom stereocenters. The number of hydrogen-bond acceptors (Lipinski definition) is 2. The zero-order valence-corrected chi connectivity index (χ0v) is 7.47. The maximum Gasteiger partial charge on any atom is 0.120 e. The van der Waals surface area contributed by atoms with Gasteiger partial charge in [-0.25, -0.2) is 0 Å². The topological polar surface area (TPSA) is 25.2 Å². The molecule has 0 saturated carbocycles. The molecular formula is C10H15NO. The van der Waals surface area contributed by atoms with Gasteiger partial charge >= 0.3 is 0 Å². The summed E-state index contributed by atoms with van der Waals surface area (Å²) in [5.41, 5.74) is 1.21. The minimum atomic E-state index is 0.812. The van der Waals surface area contributed by atoms with Gasteiger partial charge in [-0.1, -0.05) is 6.08 Å². The fourth-order valence-electron chi connectivity index (χ4n) is 0.991. The molecule has 0 saturated heterocycles. The molecule has 2 nitrogen and oxygen atoms in total. The molecule has 1 aromatic rings. The fourth-order valence-corrected chi connectivity index (χ4v) is 0.991. The van der Waals surface area contributed by atoms with E-state index in [9.17, 15) is 0 Å². The van der Waals surface area contributed by atoms with Crippen molar-refractivity contribution in [3.63, 3.8) is 0 Å². The molecule has 12 heavy (non-hydrogen) atoms. The summed E-state index contributed by atoms with van der Waals surface area (Å²) in [5.74, 6) is 1.03. The molecule has 0 aliphatic heterocycles. The molecule has 66 valence electrons. The summed E-state index contributed by atoms with van der Waals surface area (Å²) in [5, 5.41) is 3.26. The number of aryl methyl sites for hydroxylation is 1. The maximum absolute atomic E-state index is 5.26. The Morgan fingerprint density at radius 1 is 1.67 bits per heavy atom. The highest BCUT2D eigenvalue weighted by molar-refractivity contribution is 5.13. The molecule has 0 aliphatic carbocycles. The van der Waals surface area contributed by atoms with Crippen LogP contribution in [0, 0.1) is 6.92 Å². The van der Waals surface area contributed by atoms with Gasteiger partial charge in [0.05, 0.1) is 12.8 Å². The quantitative estimate of drug-likeness (QED) is 0.534. The number of furan rings is 1. The molecule has 0 spiro atoms. The third-order valence-electron chi connectivity index (χ3n) is 1.78. The molecule has 0 bridgehead atoms. The number of hydrogen-bond donors (Lipinski definition) is 1. The largest absolute Gasteiger partial charge is 0.468 e. The second-order valence-electron chi connectivity index (χ2n) is 2.78. The average molecular weight is 165 g/mol. The minimum absolute atomic E-state index is 0.812. The van der Waals surface area contributed by atoms with E-state index in [1.807, 2.05) is 19.1 Å². The Kier molecular flexibility index (Phi) is 3.61. The Balaban J connectivity index is 2.24. The molecule has 0 amide bonds. The molecule has 0 unspecified atom stereocenters. The van der Waals surface area contributed by atoms with Gasteiger partial charge in [-0.05, 0) is 31.5 Å². The van der Waals surface area contributed by atoms with Crippen LogP contribution in [0.3, 0.4) is 0 Å². The van der Waals surface area contributed by atoms with Gasteiger partial charge in [-0.3, -0.25) is 0 Å². The number of nitrogens with one attached hydrogen (secondary N) is 1. The van der Waals surface area contributed by atoms with Gasteiger partial charge in [0.25, 0.3) is 0 Å². The Labute approximate surface area is 73.3 Å². The second-order valence-corrected chi connectivity index (χ2v) is 2.78. The summed E-state index contributed by atoms with van der Waals surface area (Å²) in [7, 11) is 0. The molecule has 0 aromatic carbocycles. The molecule has 0 aliphatic rings. The van der Waals surface area contributed by atoms with Crippen LogP contribution < -0.4 is 5.32 Å². The van der Waals surface area contributed by atoms with Crippen LogP contribution >= 0.6 is 0 Å². The van der Waals surface area contributed by atoms with Crippen molar-refractivity contribution in [1.29, 1.82) is 0 Å². The van der Waals surface area contributed by atoms with Crippen molar-refractivity contribution >= 4 is 0 Å². The Hall–Kier alpha value is -1.02. The van der Waals surface area contributed by atoms with Gasteiger partial charge in [0, 0.05) is 0 Å². The SMILES string of the molecule is C=CCCNCc1occc1C. The molecule has 1 rings (SSSR count). The van der Waals surface area contributed by atoms with E-state index in [-0.39, 0.29) is 0 Å². The first kappa shape index (κ1) is 9.07. The van der Waals surface area contributed by atoms with Gasteiger partial charge < -0.3 is 9.73 Å². The van der Waals surface area contributed by atoms with Gasteiger partial charge in [-0.15, -0.1) is 6.58 Å². The highest BCUT2D eigenvalue weighted by Gasteiger charge is 1.98. The van der Waals surface area contributed by atoms with E-state index in [2.05, 4.69) is 11.9 Å². The first-order valence-electron chi connectivity index (χ1n) is 4.19. The van der Waals surface area contributed by atoms with Crippen LogP contribution in [-0.4, -0.2) is 6.54 Å². The van der Waals surface area contributed by atoms with Crippen molar-refractivity contribution in [3.8, 4) is 0 Å². The van der Waals surface area contributed by atoms with Crippen LogP contribution in [0.5, 0.6) is 0 Å². The zero-order chi connectivity index (χ0) is 8.81. The summed E-state index contributed by atoms with van der Waals surface area (Å²) >= 11 is 0. The first-order chi connectivity index (χ1) is 5.84. The summed E-state index contributed by atoms with van der Waals surface area (Å²) < 4.78 is 5.26. The third-order valence-corrected chi connectivity index (χ3v) is 1.78. The lowest BCUT2D eigenvalue weighted by Gasteiger charge is -2.00. The van der Waals surface area contributed by atoms with E-state index in [1.165, 1.54) is 5.56 Å². The Morgan fingerprint density at radius 3 is 3.08 bits per heavy atom. The van der Waals surface area contributed by atoms with E-state index < -0.39 is 0 Å². The minimum Gasteiger partial charge on any atom is -0.468 e. The van der Waals surface area contributed by atoms with E-state index in [1.54, 1.807) is 6.26 Å². The van der Waals surface area contributed by atoms with Crippen molar-refractivity contribution in [1.82, 2.24) is 5.32 Å². The van der Waals surface area contributed by atoms with Gasteiger partial charge in [-0.2, -0.15) is 0 Å². The van der Waals surface area contributed by atoms with Crippen LogP contribution in [0.1, 0.15) is 17.7 Å². The first-order valence-corrected chi connectivity index (χ1v) is 4.19. The lowest BCUT2D eigenvalue weighted by atomic mass is 10.3. The van der Waals surface area contributed by atoms with Gasteiger partial charge in [0.15, 0.2) is 0 Å². The summed E-state index contributed by atoms with van der Waals surface area (Å²) in [6.45, 7) is 7.47. The van der Waals surface area contributed by atoms with Crippen LogP contribution in [0.25, 0.3) is 0 Å². The van der Waals surface area contributed by atoms with E-state index >= 15 is 0 Å². The molecule has 0 fully saturated rings. The molecule has 1 heterocycles. The van der Waals surface area contributed by atoms with E-state index in [4.69, 9.17) is 4.42 Å². The summed E-state index contributed by atoms with van der Waals surface area (Å²) in [4.78, 5) is 0. The monoisotopic (exact) mass is 165 g/mol. The highest BCUT2D eigenvalue weighted by Crippen LogP contribution is 2.07. The Morgan fingerprint density at radius 2 is 2.50 bits per heavy atom. The van der Waals surface area contributed by atoms with Crippen molar-refractivity contribution in [3.05, 3.63) is 36.3 Å². The predicted octanol–water partition coefficient (Wildman–Crippen LogP) is 2.25. The maximum atomic E-state index is 5.26. The van der Waals surface area contributed by atoms with Crippen LogP contribution in [-0.2, 0) is 6.54 Å². The number of rotatable bonds is 5. The van der Waals surface area contributed by atoms with Crippen molar-refractivity contribution in [2.45, 2.75) is 19.9 Å². The summed E-state index contributed by atoms with van der Waals surface area (Å²) in [6.07, 6.45) is 4.63. The van der Waals surface area contributed by atoms with E-state index in [0.29, 0.717) is 0 Å². The normalized spacial score (nSPS) is 10.1. The third kappa shape index (κ3) is 2.55. The molecule has 1 N–H and O–H groups in total. The lowest BCUT2D eigenvalue weighted by Crippen LogP contribution is -2.13. The fraction of sp³-hybridized carbons (Fsp3) is 0.400.